The zero-order chi connectivity index (χ0) is 31.6. The van der Waals surface area contributed by atoms with Crippen molar-refractivity contribution in [2.24, 2.45) is 0 Å². The van der Waals surface area contributed by atoms with Gasteiger partial charge in [-0.25, -0.2) is 9.69 Å². The Balaban J connectivity index is 0.000000422. The molecule has 0 heterocycles. The SMILES string of the molecule is [C-]#[N+]c1ccc(N)c(CCOCOCC[Si](C)(C)C)c1.[C-]#[N+]c1ccc([N+](=O)[O-])c(CCOCOCC[Si](C)(C)C)c1. The Kier molecular flexibility index (Phi) is 16.8. The molecule has 0 saturated carbocycles. The van der Waals surface area contributed by atoms with Crippen LogP contribution in [-0.2, 0) is 31.8 Å². The molecule has 2 N–H and O–H groups in total. The zero-order valence-electron chi connectivity index (χ0n) is 25.9. The highest BCUT2D eigenvalue weighted by Gasteiger charge is 2.15. The maximum atomic E-state index is 11.0. The first-order valence-corrected chi connectivity index (χ1v) is 21.4. The molecule has 0 unspecified atom stereocenters. The minimum atomic E-state index is -1.09. The summed E-state index contributed by atoms with van der Waals surface area (Å²) in [5.74, 6) is 0. The Labute approximate surface area is 252 Å². The summed E-state index contributed by atoms with van der Waals surface area (Å²) in [6.45, 7) is 30.6. The maximum absolute atomic E-state index is 11.0. The van der Waals surface area contributed by atoms with Crippen molar-refractivity contribution in [3.05, 3.63) is 80.5 Å². The van der Waals surface area contributed by atoms with Gasteiger partial charge < -0.3 is 24.7 Å². The van der Waals surface area contributed by atoms with Gasteiger partial charge in [-0.3, -0.25) is 10.1 Å². The van der Waals surface area contributed by atoms with Crippen LogP contribution in [0.15, 0.2) is 36.4 Å². The largest absolute Gasteiger partial charge is 0.399 e. The maximum Gasteiger partial charge on any atom is 0.270 e. The van der Waals surface area contributed by atoms with Crippen molar-refractivity contribution in [1.82, 2.24) is 0 Å². The summed E-state index contributed by atoms with van der Waals surface area (Å²) in [6.07, 6.45) is 1.09. The van der Waals surface area contributed by atoms with Crippen LogP contribution in [0.1, 0.15) is 11.1 Å². The highest BCUT2D eigenvalue weighted by molar-refractivity contribution is 6.76. The van der Waals surface area contributed by atoms with Gasteiger partial charge in [0.25, 0.3) is 5.69 Å². The van der Waals surface area contributed by atoms with Crippen molar-refractivity contribution in [2.75, 3.05) is 45.7 Å². The Morgan fingerprint density at radius 1 is 0.738 bits per heavy atom. The van der Waals surface area contributed by atoms with Crippen LogP contribution in [0.2, 0.25) is 51.4 Å². The topological polar surface area (TPSA) is 115 Å². The molecule has 12 heteroatoms. The molecule has 42 heavy (non-hydrogen) atoms. The third kappa shape index (κ3) is 17.0. The van der Waals surface area contributed by atoms with Crippen LogP contribution in [0, 0.1) is 23.3 Å². The van der Waals surface area contributed by atoms with E-state index in [1.807, 2.05) is 6.07 Å². The molecule has 0 aromatic heterocycles. The number of nitrogens with two attached hydrogens (primary N) is 1. The minimum Gasteiger partial charge on any atom is -0.399 e. The molecule has 2 aromatic carbocycles. The van der Waals surface area contributed by atoms with Gasteiger partial charge in [0.1, 0.15) is 13.6 Å². The molecular weight excluding hydrogens is 569 g/mol. The molecule has 0 aliphatic rings. The Morgan fingerprint density at radius 2 is 1.17 bits per heavy atom. The predicted molar refractivity (Wildman–Crippen MR) is 174 cm³/mol. The van der Waals surface area contributed by atoms with E-state index in [9.17, 15) is 10.1 Å². The number of rotatable bonds is 17. The number of nitrogen functional groups attached to an aromatic ring is 1. The van der Waals surface area contributed by atoms with Gasteiger partial charge in [0.05, 0.1) is 31.3 Å². The van der Waals surface area contributed by atoms with E-state index in [1.165, 1.54) is 12.1 Å². The van der Waals surface area contributed by atoms with Crippen molar-refractivity contribution in [3.8, 4) is 0 Å². The standard InChI is InChI=1S/C15H22N2O4Si.C15H24N2O2Si/c1-16-14-5-6-15(17(18)19)13(11-14)7-8-20-12-21-9-10-22(2,3)4;1-17-14-5-6-15(16)13(11-14)7-8-18-12-19-9-10-20(2,3)4/h5-6,11H,7-10,12H2,2-4H3;5-6,11H,7-10,12,16H2,2-4H3. The molecular formula is C30H46N4O6Si2. The van der Waals surface area contributed by atoms with E-state index in [2.05, 4.69) is 49.0 Å². The van der Waals surface area contributed by atoms with Gasteiger partial charge in [-0.2, -0.15) is 0 Å². The van der Waals surface area contributed by atoms with Crippen LogP contribution in [0.4, 0.5) is 22.7 Å². The lowest BCUT2D eigenvalue weighted by Gasteiger charge is -2.15. The van der Waals surface area contributed by atoms with Gasteiger partial charge in [0.15, 0.2) is 11.4 Å². The third-order valence-corrected chi connectivity index (χ3v) is 9.41. The van der Waals surface area contributed by atoms with E-state index < -0.39 is 21.1 Å². The van der Waals surface area contributed by atoms with Crippen LogP contribution < -0.4 is 5.73 Å². The average Bonchev–Trinajstić information content (AvgIpc) is 2.91. The van der Waals surface area contributed by atoms with Crippen LogP contribution in [0.3, 0.4) is 0 Å². The summed E-state index contributed by atoms with van der Waals surface area (Å²) in [5, 5.41) is 11.0. The second kappa shape index (κ2) is 19.2. The number of nitrogens with zero attached hydrogens (tertiary/aromatic N) is 3. The monoisotopic (exact) mass is 614 g/mol. The first-order chi connectivity index (χ1) is 19.8. The van der Waals surface area contributed by atoms with Crippen molar-refractivity contribution < 1.29 is 23.9 Å². The minimum absolute atomic E-state index is 0.0238. The van der Waals surface area contributed by atoms with E-state index in [-0.39, 0.29) is 12.5 Å². The molecule has 0 aliphatic heterocycles. The smallest absolute Gasteiger partial charge is 0.270 e. The van der Waals surface area contributed by atoms with Gasteiger partial charge in [-0.1, -0.05) is 51.4 Å². The number of nitro benzene ring substituents is 1. The van der Waals surface area contributed by atoms with Gasteiger partial charge in [-0.15, -0.1) is 0 Å². The van der Waals surface area contributed by atoms with Gasteiger partial charge in [-0.05, 0) is 42.3 Å². The molecule has 0 spiro atoms. The molecule has 0 amide bonds. The summed E-state index contributed by atoms with van der Waals surface area (Å²) in [4.78, 5) is 17.2. The van der Waals surface area contributed by atoms with E-state index in [4.69, 9.17) is 37.8 Å². The fraction of sp³-hybridized carbons (Fsp3) is 0.533. The molecule has 10 nitrogen and oxygen atoms in total. The normalized spacial score (nSPS) is 11.2. The molecule has 0 radical (unpaired) electrons. The molecule has 2 rings (SSSR count). The predicted octanol–water partition coefficient (Wildman–Crippen LogP) is 7.71. The first kappa shape index (κ1) is 36.9. The fourth-order valence-electron chi connectivity index (χ4n) is 3.37. The Morgan fingerprint density at radius 3 is 1.62 bits per heavy atom. The van der Waals surface area contributed by atoms with E-state index in [0.29, 0.717) is 62.1 Å². The summed E-state index contributed by atoms with van der Waals surface area (Å²) < 4.78 is 21.7. The molecule has 0 bridgehead atoms. The second-order valence-corrected chi connectivity index (χ2v) is 23.4. The summed E-state index contributed by atoms with van der Waals surface area (Å²) in [6, 6.07) is 11.9. The molecule has 0 aliphatic carbocycles. The molecule has 230 valence electrons. The summed E-state index contributed by atoms with van der Waals surface area (Å²) in [7, 11) is -2.11. The Bertz CT molecular complexity index is 1200. The van der Waals surface area contributed by atoms with Crippen molar-refractivity contribution in [1.29, 1.82) is 0 Å². The van der Waals surface area contributed by atoms with Crippen molar-refractivity contribution in [2.45, 2.75) is 64.2 Å². The second-order valence-electron chi connectivity index (χ2n) is 12.2. The zero-order valence-corrected chi connectivity index (χ0v) is 27.9. The molecule has 2 aromatic rings. The number of ether oxygens (including phenoxy) is 4. The van der Waals surface area contributed by atoms with Gasteiger partial charge in [0.2, 0.25) is 0 Å². The lowest BCUT2D eigenvalue weighted by Crippen LogP contribution is -2.22. The summed E-state index contributed by atoms with van der Waals surface area (Å²) >= 11 is 0. The van der Waals surface area contributed by atoms with Gasteiger partial charge >= 0.3 is 0 Å². The van der Waals surface area contributed by atoms with Crippen LogP contribution in [-0.4, -0.2) is 61.1 Å². The van der Waals surface area contributed by atoms with Gasteiger partial charge in [0, 0.05) is 53.1 Å². The molecule has 0 saturated heterocycles. The summed E-state index contributed by atoms with van der Waals surface area (Å²) in [5.41, 5.74) is 9.08. The number of benzene rings is 2. The first-order valence-electron chi connectivity index (χ1n) is 14.0. The van der Waals surface area contributed by atoms with Crippen molar-refractivity contribution in [3.63, 3.8) is 0 Å². The lowest BCUT2D eigenvalue weighted by atomic mass is 10.1. The van der Waals surface area contributed by atoms with Crippen LogP contribution in [0.5, 0.6) is 0 Å². The average molecular weight is 615 g/mol. The number of hydrogen-bond donors (Lipinski definition) is 1. The Hall–Kier alpha value is -3.11. The lowest BCUT2D eigenvalue weighted by molar-refractivity contribution is -0.385. The van der Waals surface area contributed by atoms with E-state index in [0.717, 1.165) is 24.3 Å². The highest BCUT2D eigenvalue weighted by atomic mass is 28.3. The van der Waals surface area contributed by atoms with Crippen LogP contribution >= 0.6 is 0 Å². The molecule has 0 fully saturated rings. The van der Waals surface area contributed by atoms with E-state index >= 15 is 0 Å². The van der Waals surface area contributed by atoms with E-state index in [1.54, 1.807) is 18.2 Å². The highest BCUT2D eigenvalue weighted by Crippen LogP contribution is 2.25. The number of anilines is 1. The number of nitro groups is 1. The fourth-order valence-corrected chi connectivity index (χ4v) is 4.89. The third-order valence-electron chi connectivity index (χ3n) is 6.00. The quantitative estimate of drug-likeness (QED) is 0.0369. The van der Waals surface area contributed by atoms with Crippen molar-refractivity contribution >= 4 is 38.9 Å². The van der Waals surface area contributed by atoms with Crippen LogP contribution in [0.25, 0.3) is 9.69 Å². The molecule has 0 atom stereocenters. The number of hydrogen-bond acceptors (Lipinski definition) is 7.